The minimum absolute atomic E-state index is 0.103. The highest BCUT2D eigenvalue weighted by atomic mass is 16.3. The summed E-state index contributed by atoms with van der Waals surface area (Å²) in [6, 6.07) is 8.38. The zero-order valence-electron chi connectivity index (χ0n) is 12.2. The minimum Gasteiger partial charge on any atom is -0.388 e. The largest absolute Gasteiger partial charge is 0.388 e. The van der Waals surface area contributed by atoms with Gasteiger partial charge in [0.2, 0.25) is 0 Å². The van der Waals surface area contributed by atoms with Crippen molar-refractivity contribution in [1.82, 2.24) is 0 Å². The van der Waals surface area contributed by atoms with E-state index in [1.807, 2.05) is 0 Å². The standard InChI is InChI=1S/C17H27NO/c1-3-13-5-7-15(8-6-13)16(19)17(12-18)10-9-14(4-2)11-17/h5-8,14,16,19H,3-4,9-12,18H2,1-2H3. The molecule has 3 N–H and O–H groups in total. The Kier molecular flexibility index (Phi) is 4.64. The number of aryl methyl sites for hydroxylation is 1. The third-order valence-corrected chi connectivity index (χ3v) is 5.01. The van der Waals surface area contributed by atoms with Crippen molar-refractivity contribution in [3.8, 4) is 0 Å². The highest BCUT2D eigenvalue weighted by Crippen LogP contribution is 2.50. The number of nitrogens with two attached hydrogens (primary N) is 1. The summed E-state index contributed by atoms with van der Waals surface area (Å²) in [5.74, 6) is 0.730. The van der Waals surface area contributed by atoms with Crippen LogP contribution in [0.3, 0.4) is 0 Å². The minimum atomic E-state index is -0.417. The summed E-state index contributed by atoms with van der Waals surface area (Å²) in [5, 5.41) is 10.8. The number of hydrogen-bond acceptors (Lipinski definition) is 2. The van der Waals surface area contributed by atoms with Gasteiger partial charge in [0, 0.05) is 12.0 Å². The summed E-state index contributed by atoms with van der Waals surface area (Å²) in [7, 11) is 0. The van der Waals surface area contributed by atoms with Crippen molar-refractivity contribution in [3.63, 3.8) is 0 Å². The first-order valence-corrected chi connectivity index (χ1v) is 7.62. The van der Waals surface area contributed by atoms with E-state index in [-0.39, 0.29) is 5.41 Å². The van der Waals surface area contributed by atoms with Gasteiger partial charge in [-0.15, -0.1) is 0 Å². The fourth-order valence-corrected chi connectivity index (χ4v) is 3.45. The van der Waals surface area contributed by atoms with Crippen LogP contribution < -0.4 is 5.73 Å². The maximum atomic E-state index is 10.8. The molecular formula is C17H27NO. The molecular weight excluding hydrogens is 234 g/mol. The highest BCUT2D eigenvalue weighted by molar-refractivity contribution is 5.26. The molecule has 2 nitrogen and oxygen atoms in total. The molecule has 0 spiro atoms. The number of rotatable bonds is 5. The van der Waals surface area contributed by atoms with E-state index in [1.165, 1.54) is 18.4 Å². The normalized spacial score (nSPS) is 28.5. The molecule has 0 radical (unpaired) electrons. The van der Waals surface area contributed by atoms with Gasteiger partial charge < -0.3 is 10.8 Å². The van der Waals surface area contributed by atoms with Crippen LogP contribution in [-0.4, -0.2) is 11.7 Å². The van der Waals surface area contributed by atoms with Crippen LogP contribution in [0.4, 0.5) is 0 Å². The van der Waals surface area contributed by atoms with Crippen LogP contribution in [0.1, 0.15) is 56.8 Å². The average molecular weight is 261 g/mol. The average Bonchev–Trinajstić information content (AvgIpc) is 2.91. The second kappa shape index (κ2) is 6.06. The van der Waals surface area contributed by atoms with E-state index in [0.29, 0.717) is 6.54 Å². The summed E-state index contributed by atoms with van der Waals surface area (Å²) in [4.78, 5) is 0. The fourth-order valence-electron chi connectivity index (χ4n) is 3.45. The maximum absolute atomic E-state index is 10.8. The molecule has 0 heterocycles. The first kappa shape index (κ1) is 14.5. The van der Waals surface area contributed by atoms with E-state index in [9.17, 15) is 5.11 Å². The van der Waals surface area contributed by atoms with Crippen LogP contribution >= 0.6 is 0 Å². The Hall–Kier alpha value is -0.860. The molecule has 0 aromatic heterocycles. The number of benzene rings is 1. The summed E-state index contributed by atoms with van der Waals surface area (Å²) < 4.78 is 0. The third kappa shape index (κ3) is 2.85. The Labute approximate surface area is 117 Å². The van der Waals surface area contributed by atoms with E-state index < -0.39 is 6.10 Å². The van der Waals surface area contributed by atoms with Crippen molar-refractivity contribution in [3.05, 3.63) is 35.4 Å². The Morgan fingerprint density at radius 1 is 1.32 bits per heavy atom. The van der Waals surface area contributed by atoms with E-state index in [1.54, 1.807) is 0 Å². The molecule has 1 aliphatic carbocycles. The van der Waals surface area contributed by atoms with Crippen LogP contribution in [0.5, 0.6) is 0 Å². The first-order valence-electron chi connectivity index (χ1n) is 7.62. The lowest BCUT2D eigenvalue weighted by Gasteiger charge is -2.34. The second-order valence-electron chi connectivity index (χ2n) is 6.08. The molecule has 3 unspecified atom stereocenters. The first-order chi connectivity index (χ1) is 9.15. The summed E-state index contributed by atoms with van der Waals surface area (Å²) >= 11 is 0. The Balaban J connectivity index is 2.18. The van der Waals surface area contributed by atoms with Crippen molar-refractivity contribution < 1.29 is 5.11 Å². The van der Waals surface area contributed by atoms with Crippen molar-refractivity contribution in [2.45, 2.75) is 52.1 Å². The molecule has 1 aromatic rings. The summed E-state index contributed by atoms with van der Waals surface area (Å²) in [6.07, 6.45) is 5.15. The van der Waals surface area contributed by atoms with Crippen LogP contribution in [0.2, 0.25) is 0 Å². The lowest BCUT2D eigenvalue weighted by atomic mass is 9.76. The topological polar surface area (TPSA) is 46.2 Å². The number of aliphatic hydroxyl groups is 1. The van der Waals surface area contributed by atoms with Gasteiger partial charge in [0.25, 0.3) is 0 Å². The summed E-state index contributed by atoms with van der Waals surface area (Å²) in [5.41, 5.74) is 8.26. The van der Waals surface area contributed by atoms with Crippen molar-refractivity contribution in [2.75, 3.05) is 6.54 Å². The molecule has 1 aliphatic rings. The zero-order chi connectivity index (χ0) is 13.9. The lowest BCUT2D eigenvalue weighted by Crippen LogP contribution is -2.34. The van der Waals surface area contributed by atoms with Crippen molar-refractivity contribution >= 4 is 0 Å². The van der Waals surface area contributed by atoms with Gasteiger partial charge in [-0.05, 0) is 42.7 Å². The maximum Gasteiger partial charge on any atom is 0.0858 e. The molecule has 1 saturated carbocycles. The Bertz CT molecular complexity index is 400. The molecule has 2 rings (SSSR count). The quantitative estimate of drug-likeness (QED) is 0.853. The monoisotopic (exact) mass is 261 g/mol. The zero-order valence-corrected chi connectivity index (χ0v) is 12.2. The number of aliphatic hydroxyl groups excluding tert-OH is 1. The van der Waals surface area contributed by atoms with Gasteiger partial charge >= 0.3 is 0 Å². The highest BCUT2D eigenvalue weighted by Gasteiger charge is 2.43. The van der Waals surface area contributed by atoms with Gasteiger partial charge in [-0.25, -0.2) is 0 Å². The Morgan fingerprint density at radius 3 is 2.47 bits per heavy atom. The van der Waals surface area contributed by atoms with Gasteiger partial charge in [-0.1, -0.05) is 44.5 Å². The van der Waals surface area contributed by atoms with Crippen LogP contribution in [0.25, 0.3) is 0 Å². The molecule has 2 heteroatoms. The predicted molar refractivity (Wildman–Crippen MR) is 79.9 cm³/mol. The van der Waals surface area contributed by atoms with Gasteiger partial charge in [-0.3, -0.25) is 0 Å². The van der Waals surface area contributed by atoms with E-state index >= 15 is 0 Å². The smallest absolute Gasteiger partial charge is 0.0858 e. The fraction of sp³-hybridized carbons (Fsp3) is 0.647. The third-order valence-electron chi connectivity index (χ3n) is 5.01. The van der Waals surface area contributed by atoms with Crippen LogP contribution in [0.15, 0.2) is 24.3 Å². The lowest BCUT2D eigenvalue weighted by molar-refractivity contribution is 0.0301. The van der Waals surface area contributed by atoms with E-state index in [0.717, 1.165) is 30.7 Å². The number of hydrogen-bond donors (Lipinski definition) is 2. The molecule has 106 valence electrons. The molecule has 0 aliphatic heterocycles. The van der Waals surface area contributed by atoms with Crippen LogP contribution in [-0.2, 0) is 6.42 Å². The Morgan fingerprint density at radius 2 is 2.00 bits per heavy atom. The van der Waals surface area contributed by atoms with Crippen molar-refractivity contribution in [1.29, 1.82) is 0 Å². The molecule has 0 saturated heterocycles. The SMILES string of the molecule is CCc1ccc(C(O)C2(CN)CCC(CC)C2)cc1. The molecule has 3 atom stereocenters. The summed E-state index contributed by atoms with van der Waals surface area (Å²) in [6.45, 7) is 4.97. The molecule has 19 heavy (non-hydrogen) atoms. The van der Waals surface area contributed by atoms with Crippen molar-refractivity contribution in [2.24, 2.45) is 17.1 Å². The molecule has 1 aromatic carbocycles. The van der Waals surface area contributed by atoms with E-state index in [2.05, 4.69) is 38.1 Å². The van der Waals surface area contributed by atoms with E-state index in [4.69, 9.17) is 5.73 Å². The van der Waals surface area contributed by atoms with Gasteiger partial charge in [0.1, 0.15) is 0 Å². The van der Waals surface area contributed by atoms with Gasteiger partial charge in [0.15, 0.2) is 0 Å². The predicted octanol–water partition coefficient (Wildman–Crippen LogP) is 3.44. The molecule has 1 fully saturated rings. The van der Waals surface area contributed by atoms with Crippen LogP contribution in [0, 0.1) is 11.3 Å². The second-order valence-corrected chi connectivity index (χ2v) is 6.08. The molecule has 0 bridgehead atoms. The molecule has 0 amide bonds. The van der Waals surface area contributed by atoms with Gasteiger partial charge in [0.05, 0.1) is 6.10 Å². The van der Waals surface area contributed by atoms with Gasteiger partial charge in [-0.2, -0.15) is 0 Å².